The Morgan fingerprint density at radius 3 is 2.56 bits per heavy atom. The van der Waals surface area contributed by atoms with Gasteiger partial charge in [-0.25, -0.2) is 4.79 Å². The number of aliphatic hydroxyl groups is 1. The Morgan fingerprint density at radius 1 is 1.16 bits per heavy atom. The lowest BCUT2D eigenvalue weighted by Crippen LogP contribution is -2.49. The Labute approximate surface area is 258 Å². The minimum atomic E-state index is -2.36. The maximum Gasteiger partial charge on any atom is 0.346 e. The number of carbonyl (C=O) groups excluding carboxylic acids is 1. The molecule has 0 unspecified atom stereocenters. The molecular weight excluding hydrogens is 560 g/mol. The van der Waals surface area contributed by atoms with Crippen LogP contribution in [0.4, 0.5) is 0 Å². The summed E-state index contributed by atoms with van der Waals surface area (Å²) in [5.41, 5.74) is 3.23. The van der Waals surface area contributed by atoms with Crippen LogP contribution in [-0.2, 0) is 27.2 Å². The number of ether oxygens (including phenoxy) is 4. The first-order chi connectivity index (χ1) is 20.4. The molecule has 1 fully saturated rings. The molecule has 3 heterocycles. The van der Waals surface area contributed by atoms with E-state index in [2.05, 4.69) is 53.8 Å². The van der Waals surface area contributed by atoms with Crippen LogP contribution in [-0.4, -0.2) is 44.5 Å². The third-order valence-corrected chi connectivity index (χ3v) is 14.5. The molecule has 1 N–H and O–H groups in total. The molecule has 1 spiro atoms. The van der Waals surface area contributed by atoms with Gasteiger partial charge in [0.1, 0.15) is 23.7 Å². The smallest absolute Gasteiger partial charge is 0.346 e. The largest absolute Gasteiger partial charge is 0.543 e. The zero-order chi connectivity index (χ0) is 31.0. The van der Waals surface area contributed by atoms with Gasteiger partial charge in [0.15, 0.2) is 0 Å². The highest BCUT2D eigenvalue weighted by Gasteiger charge is 2.56. The molecule has 0 aliphatic carbocycles. The van der Waals surface area contributed by atoms with Crippen LogP contribution in [0.3, 0.4) is 0 Å². The fourth-order valence-electron chi connectivity index (χ4n) is 6.30. The zero-order valence-corrected chi connectivity index (χ0v) is 28.0. The SMILES string of the molecule is CCCCC[C@@H]1Cc2cc(O[Si](C)(C)C(C)(C)C)c(C(=O)OCc3ccccc3)c3c2[C@H](C[C@]2(OC[C@@H](CO)[C@@H]2C)O3)O1. The monoisotopic (exact) mass is 610 g/mol. The van der Waals surface area contributed by atoms with E-state index in [9.17, 15) is 9.90 Å². The van der Waals surface area contributed by atoms with E-state index < -0.39 is 20.1 Å². The van der Waals surface area contributed by atoms with Crippen molar-refractivity contribution < 1.29 is 33.3 Å². The number of esters is 1. The lowest BCUT2D eigenvalue weighted by Gasteiger charge is -2.46. The van der Waals surface area contributed by atoms with E-state index >= 15 is 0 Å². The van der Waals surface area contributed by atoms with E-state index in [0.717, 1.165) is 42.4 Å². The van der Waals surface area contributed by atoms with Gasteiger partial charge in [0.05, 0.1) is 18.8 Å². The molecule has 236 valence electrons. The topological polar surface area (TPSA) is 83.5 Å². The molecule has 0 bridgehead atoms. The summed E-state index contributed by atoms with van der Waals surface area (Å²) in [4.78, 5) is 14.1. The number of rotatable bonds is 10. The predicted octanol–water partition coefficient (Wildman–Crippen LogP) is 7.74. The van der Waals surface area contributed by atoms with Crippen molar-refractivity contribution in [2.75, 3.05) is 13.2 Å². The second-order valence-electron chi connectivity index (χ2n) is 14.2. The molecule has 5 atom stereocenters. The van der Waals surface area contributed by atoms with E-state index in [1.807, 2.05) is 30.3 Å². The van der Waals surface area contributed by atoms with Gasteiger partial charge in [0, 0.05) is 30.4 Å². The fourth-order valence-corrected chi connectivity index (χ4v) is 7.31. The molecule has 1 saturated heterocycles. The van der Waals surface area contributed by atoms with Gasteiger partial charge < -0.3 is 28.5 Å². The molecule has 5 rings (SSSR count). The molecule has 0 saturated carbocycles. The lowest BCUT2D eigenvalue weighted by molar-refractivity contribution is -0.214. The second kappa shape index (κ2) is 12.5. The molecule has 0 amide bonds. The van der Waals surface area contributed by atoms with Crippen molar-refractivity contribution in [1.82, 2.24) is 0 Å². The standard InChI is InChI=1S/C35H50O7Si/c1-8-9-11-16-27-17-25-18-28(42-43(6,7)34(3,4)5)31(33(37)38-21-24-14-12-10-13-15-24)32-30(25)29(40-27)19-35(41-32)23(2)26(20-36)22-39-35/h10,12-15,18,23,26-27,29,36H,8-9,11,16-17,19-22H2,1-7H3/t23-,26+,27+,29-,35-/m0/s1. The minimum Gasteiger partial charge on any atom is -0.543 e. The Morgan fingerprint density at radius 2 is 1.91 bits per heavy atom. The van der Waals surface area contributed by atoms with Gasteiger partial charge in [0.2, 0.25) is 5.79 Å². The molecule has 0 radical (unpaired) electrons. The van der Waals surface area contributed by atoms with Crippen molar-refractivity contribution >= 4 is 14.3 Å². The van der Waals surface area contributed by atoms with Gasteiger partial charge in [-0.15, -0.1) is 0 Å². The number of hydrogen-bond acceptors (Lipinski definition) is 7. The normalized spacial score (nSPS) is 26.6. The van der Waals surface area contributed by atoms with E-state index in [0.29, 0.717) is 30.1 Å². The van der Waals surface area contributed by atoms with Gasteiger partial charge in [-0.3, -0.25) is 0 Å². The van der Waals surface area contributed by atoms with Crippen LogP contribution in [0.25, 0.3) is 0 Å². The third-order valence-electron chi connectivity index (χ3n) is 10.1. The third kappa shape index (κ3) is 6.39. The van der Waals surface area contributed by atoms with Crippen LogP contribution in [0.1, 0.15) is 99.9 Å². The molecule has 0 aromatic heterocycles. The second-order valence-corrected chi connectivity index (χ2v) is 18.9. The van der Waals surface area contributed by atoms with E-state index in [4.69, 9.17) is 23.4 Å². The summed E-state index contributed by atoms with van der Waals surface area (Å²) in [7, 11) is -2.36. The van der Waals surface area contributed by atoms with Gasteiger partial charge in [-0.05, 0) is 48.2 Å². The zero-order valence-electron chi connectivity index (χ0n) is 27.0. The van der Waals surface area contributed by atoms with E-state index in [1.165, 1.54) is 6.42 Å². The van der Waals surface area contributed by atoms with Crippen molar-refractivity contribution in [3.63, 3.8) is 0 Å². The van der Waals surface area contributed by atoms with Crippen LogP contribution < -0.4 is 9.16 Å². The van der Waals surface area contributed by atoms with Crippen LogP contribution in [0.15, 0.2) is 36.4 Å². The van der Waals surface area contributed by atoms with Crippen LogP contribution in [0.5, 0.6) is 11.5 Å². The maximum absolute atomic E-state index is 14.1. The van der Waals surface area contributed by atoms with E-state index in [-0.39, 0.29) is 42.3 Å². The highest BCUT2D eigenvalue weighted by Crippen LogP contribution is 2.56. The summed E-state index contributed by atoms with van der Waals surface area (Å²) in [6.45, 7) is 15.8. The van der Waals surface area contributed by atoms with Crippen molar-refractivity contribution in [1.29, 1.82) is 0 Å². The molecule has 7 nitrogen and oxygen atoms in total. The van der Waals surface area contributed by atoms with Gasteiger partial charge in [0.25, 0.3) is 8.32 Å². The van der Waals surface area contributed by atoms with Crippen molar-refractivity contribution in [3.8, 4) is 11.5 Å². The number of benzene rings is 2. The summed E-state index contributed by atoms with van der Waals surface area (Å²) < 4.78 is 32.9. The molecular formula is C35H50O7Si. The molecule has 8 heteroatoms. The summed E-state index contributed by atoms with van der Waals surface area (Å²) in [6.07, 6.45) is 5.42. The quantitative estimate of drug-likeness (QED) is 0.167. The predicted molar refractivity (Wildman–Crippen MR) is 169 cm³/mol. The van der Waals surface area contributed by atoms with Gasteiger partial charge in [-0.1, -0.05) is 84.2 Å². The summed E-state index contributed by atoms with van der Waals surface area (Å²) in [6, 6.07) is 11.7. The van der Waals surface area contributed by atoms with Gasteiger partial charge >= 0.3 is 5.97 Å². The number of aliphatic hydroxyl groups excluding tert-OH is 1. The first-order valence-electron chi connectivity index (χ1n) is 16.1. The molecule has 3 aliphatic heterocycles. The van der Waals surface area contributed by atoms with Crippen LogP contribution >= 0.6 is 0 Å². The Hall–Kier alpha value is -2.39. The Balaban J connectivity index is 1.63. The van der Waals surface area contributed by atoms with Crippen molar-refractivity contribution in [2.24, 2.45) is 11.8 Å². The molecule has 43 heavy (non-hydrogen) atoms. The average molecular weight is 611 g/mol. The van der Waals surface area contributed by atoms with Crippen LogP contribution in [0.2, 0.25) is 18.1 Å². The van der Waals surface area contributed by atoms with E-state index in [1.54, 1.807) is 0 Å². The van der Waals surface area contributed by atoms with Crippen LogP contribution in [0, 0.1) is 11.8 Å². The average Bonchev–Trinajstić information content (AvgIpc) is 3.25. The molecule has 2 aromatic carbocycles. The molecule has 3 aliphatic rings. The van der Waals surface area contributed by atoms with Crippen molar-refractivity contribution in [2.45, 2.75) is 116 Å². The lowest BCUT2D eigenvalue weighted by atomic mass is 9.80. The number of carbonyl (C=O) groups is 1. The maximum atomic E-state index is 14.1. The number of hydrogen-bond donors (Lipinski definition) is 1. The summed E-state index contributed by atoms with van der Waals surface area (Å²) >= 11 is 0. The Kier molecular flexibility index (Phi) is 9.34. The fraction of sp³-hybridized carbons (Fsp3) is 0.629. The van der Waals surface area contributed by atoms with Crippen molar-refractivity contribution in [3.05, 3.63) is 58.7 Å². The summed E-state index contributed by atoms with van der Waals surface area (Å²) in [5.74, 6) is -0.690. The first kappa shape index (κ1) is 32.0. The van der Waals surface area contributed by atoms with Gasteiger partial charge in [-0.2, -0.15) is 0 Å². The minimum absolute atomic E-state index is 0.00997. The number of unbranched alkanes of at least 4 members (excludes halogenated alkanes) is 2. The highest BCUT2D eigenvalue weighted by atomic mass is 28.4. The summed E-state index contributed by atoms with van der Waals surface area (Å²) in [5, 5.41) is 10.0. The molecule has 2 aromatic rings. The highest BCUT2D eigenvalue weighted by molar-refractivity contribution is 6.74. The first-order valence-corrected chi connectivity index (χ1v) is 19.0. The Bertz CT molecular complexity index is 1290.